The Morgan fingerprint density at radius 1 is 1.07 bits per heavy atom. The van der Waals surface area contributed by atoms with Crippen LogP contribution in [0.25, 0.3) is 0 Å². The lowest BCUT2D eigenvalue weighted by Crippen LogP contribution is -2.06. The van der Waals surface area contributed by atoms with Gasteiger partial charge in [-0.05, 0) is 57.9 Å². The van der Waals surface area contributed by atoms with Crippen LogP contribution in [0.2, 0.25) is 0 Å². The number of nitrogens with zero attached hydrogens (tertiary/aromatic N) is 2. The van der Waals surface area contributed by atoms with E-state index in [1.54, 1.807) is 30.5 Å². The normalized spacial score (nSPS) is 10.3. The second-order valence-electron chi connectivity index (χ2n) is 5.75. The number of carbonyl (C=O) groups is 1. The van der Waals surface area contributed by atoms with Gasteiger partial charge in [0.25, 0.3) is 5.69 Å². The molecule has 0 saturated heterocycles. The molecule has 0 amide bonds. The van der Waals surface area contributed by atoms with Crippen molar-refractivity contribution >= 4 is 27.6 Å². The third-order valence-corrected chi connectivity index (χ3v) is 4.46. The van der Waals surface area contributed by atoms with E-state index in [1.807, 2.05) is 18.2 Å². The first kappa shape index (κ1) is 19.5. The average Bonchev–Trinajstić information content (AvgIpc) is 2.72. The van der Waals surface area contributed by atoms with Crippen molar-refractivity contribution in [1.29, 1.82) is 0 Å². The number of esters is 1. The summed E-state index contributed by atoms with van der Waals surface area (Å²) in [4.78, 5) is 26.7. The maximum atomic E-state index is 12.1. The number of nitro groups is 1. The van der Waals surface area contributed by atoms with Crippen molar-refractivity contribution in [3.05, 3.63) is 98.3 Å². The van der Waals surface area contributed by atoms with Crippen molar-refractivity contribution < 1.29 is 19.2 Å². The molecule has 28 heavy (non-hydrogen) atoms. The predicted molar refractivity (Wildman–Crippen MR) is 105 cm³/mol. The second kappa shape index (κ2) is 9.09. The van der Waals surface area contributed by atoms with E-state index >= 15 is 0 Å². The summed E-state index contributed by atoms with van der Waals surface area (Å²) in [7, 11) is 0. The summed E-state index contributed by atoms with van der Waals surface area (Å²) in [6, 6.07) is 16.8. The van der Waals surface area contributed by atoms with Crippen LogP contribution in [0.4, 0.5) is 5.69 Å². The highest BCUT2D eigenvalue weighted by molar-refractivity contribution is 9.10. The summed E-state index contributed by atoms with van der Waals surface area (Å²) >= 11 is 3.08. The summed E-state index contributed by atoms with van der Waals surface area (Å²) in [5.74, 6) is 0.0374. The van der Waals surface area contributed by atoms with Crippen LogP contribution in [-0.4, -0.2) is 15.9 Å². The van der Waals surface area contributed by atoms with Crippen LogP contribution < -0.4 is 4.74 Å². The zero-order valence-corrected chi connectivity index (χ0v) is 16.2. The van der Waals surface area contributed by atoms with Gasteiger partial charge in [-0.2, -0.15) is 0 Å². The van der Waals surface area contributed by atoms with Gasteiger partial charge in [-0.1, -0.05) is 18.2 Å². The lowest BCUT2D eigenvalue weighted by molar-refractivity contribution is -0.385. The van der Waals surface area contributed by atoms with E-state index in [0.29, 0.717) is 16.8 Å². The van der Waals surface area contributed by atoms with E-state index in [0.717, 1.165) is 11.3 Å². The van der Waals surface area contributed by atoms with E-state index in [1.165, 1.54) is 18.2 Å². The van der Waals surface area contributed by atoms with Crippen LogP contribution >= 0.6 is 15.9 Å². The predicted octanol–water partition coefficient (Wildman–Crippen LogP) is 4.69. The Hall–Kier alpha value is -3.26. The summed E-state index contributed by atoms with van der Waals surface area (Å²) in [6.07, 6.45) is 1.70. The van der Waals surface area contributed by atoms with Gasteiger partial charge in [-0.3, -0.25) is 15.1 Å². The molecule has 142 valence electrons. The maximum absolute atomic E-state index is 12.1. The second-order valence-corrected chi connectivity index (χ2v) is 6.61. The van der Waals surface area contributed by atoms with Crippen molar-refractivity contribution in [2.75, 3.05) is 0 Å². The molecule has 0 spiro atoms. The molecule has 1 aromatic heterocycles. The molecule has 1 heterocycles. The zero-order chi connectivity index (χ0) is 19.9. The maximum Gasteiger partial charge on any atom is 0.338 e. The third kappa shape index (κ3) is 5.14. The highest BCUT2D eigenvalue weighted by atomic mass is 79.9. The molecular weight excluding hydrogens is 428 g/mol. The minimum Gasteiger partial charge on any atom is -0.487 e. The number of benzene rings is 2. The first-order valence-electron chi connectivity index (χ1n) is 8.25. The van der Waals surface area contributed by atoms with E-state index in [9.17, 15) is 14.9 Å². The van der Waals surface area contributed by atoms with Gasteiger partial charge in [0.05, 0.1) is 20.7 Å². The van der Waals surface area contributed by atoms with Crippen LogP contribution in [0.3, 0.4) is 0 Å². The minimum atomic E-state index is -0.633. The molecule has 0 N–H and O–H groups in total. The van der Waals surface area contributed by atoms with Gasteiger partial charge in [0.2, 0.25) is 0 Å². The molecule has 0 unspecified atom stereocenters. The quantitative estimate of drug-likeness (QED) is 0.299. The Morgan fingerprint density at radius 2 is 1.86 bits per heavy atom. The smallest absolute Gasteiger partial charge is 0.338 e. The number of rotatable bonds is 7. The van der Waals surface area contributed by atoms with Crippen LogP contribution in [0.15, 0.2) is 71.3 Å². The fourth-order valence-electron chi connectivity index (χ4n) is 2.33. The summed E-state index contributed by atoms with van der Waals surface area (Å²) in [5.41, 5.74) is 1.52. The number of nitro benzene ring substituents is 1. The topological polar surface area (TPSA) is 91.6 Å². The largest absolute Gasteiger partial charge is 0.487 e. The summed E-state index contributed by atoms with van der Waals surface area (Å²) in [5, 5.41) is 11.0. The molecule has 0 aliphatic carbocycles. The molecule has 0 bridgehead atoms. The molecule has 0 aliphatic heterocycles. The Bertz CT molecular complexity index is 978. The highest BCUT2D eigenvalue weighted by Gasteiger charge is 2.16. The van der Waals surface area contributed by atoms with Crippen molar-refractivity contribution in [3.8, 4) is 5.75 Å². The molecule has 0 aliphatic rings. The van der Waals surface area contributed by atoms with Crippen LogP contribution in [0.1, 0.15) is 21.6 Å². The van der Waals surface area contributed by atoms with Crippen molar-refractivity contribution in [3.63, 3.8) is 0 Å². The molecule has 2 aromatic carbocycles. The molecule has 0 saturated carbocycles. The standard InChI is InChI=1S/C20H15BrN2O5/c21-18-9-6-15(11-19(18)23(25)26)20(24)28-12-14-4-7-17(8-5-14)27-13-16-3-1-2-10-22-16/h1-11H,12-13H2. The molecule has 8 heteroatoms. The average molecular weight is 443 g/mol. The van der Waals surface area contributed by atoms with Crippen molar-refractivity contribution in [2.24, 2.45) is 0 Å². The van der Waals surface area contributed by atoms with Crippen LogP contribution in [0.5, 0.6) is 5.75 Å². The number of ether oxygens (including phenoxy) is 2. The Labute approximate surface area is 169 Å². The number of halogens is 1. The Balaban J connectivity index is 1.55. The number of hydrogen-bond acceptors (Lipinski definition) is 6. The Kier molecular flexibility index (Phi) is 6.33. The third-order valence-electron chi connectivity index (χ3n) is 3.78. The lowest BCUT2D eigenvalue weighted by Gasteiger charge is -2.08. The molecule has 0 fully saturated rings. The highest BCUT2D eigenvalue weighted by Crippen LogP contribution is 2.26. The fraction of sp³-hybridized carbons (Fsp3) is 0.100. The number of aromatic nitrogens is 1. The molecule has 3 aromatic rings. The van der Waals surface area contributed by atoms with Crippen molar-refractivity contribution in [2.45, 2.75) is 13.2 Å². The number of pyridine rings is 1. The van der Waals surface area contributed by atoms with Crippen LogP contribution in [-0.2, 0) is 18.0 Å². The van der Waals surface area contributed by atoms with E-state index in [4.69, 9.17) is 9.47 Å². The number of hydrogen-bond donors (Lipinski definition) is 0. The van der Waals surface area contributed by atoms with Gasteiger partial charge in [-0.15, -0.1) is 0 Å². The SMILES string of the molecule is O=C(OCc1ccc(OCc2ccccn2)cc1)c1ccc(Br)c([N+](=O)[O-])c1. The zero-order valence-electron chi connectivity index (χ0n) is 14.6. The minimum absolute atomic E-state index is 0.0449. The summed E-state index contributed by atoms with van der Waals surface area (Å²) < 4.78 is 11.2. The lowest BCUT2D eigenvalue weighted by atomic mass is 10.2. The first-order chi connectivity index (χ1) is 13.5. The van der Waals surface area contributed by atoms with E-state index in [2.05, 4.69) is 20.9 Å². The summed E-state index contributed by atoms with van der Waals surface area (Å²) in [6.45, 7) is 0.404. The van der Waals surface area contributed by atoms with Gasteiger partial charge < -0.3 is 9.47 Å². The van der Waals surface area contributed by atoms with Gasteiger partial charge in [0, 0.05) is 12.3 Å². The molecule has 7 nitrogen and oxygen atoms in total. The van der Waals surface area contributed by atoms with Gasteiger partial charge in [0.15, 0.2) is 0 Å². The first-order valence-corrected chi connectivity index (χ1v) is 9.05. The molecular formula is C20H15BrN2O5. The number of carbonyl (C=O) groups excluding carboxylic acids is 1. The molecule has 3 rings (SSSR count). The van der Waals surface area contributed by atoms with Gasteiger partial charge in [0.1, 0.15) is 19.0 Å². The van der Waals surface area contributed by atoms with Gasteiger partial charge >= 0.3 is 5.97 Å². The van der Waals surface area contributed by atoms with Gasteiger partial charge in [-0.25, -0.2) is 4.79 Å². The fourth-order valence-corrected chi connectivity index (χ4v) is 2.73. The molecule has 0 radical (unpaired) electrons. The van der Waals surface area contributed by atoms with E-state index in [-0.39, 0.29) is 17.9 Å². The monoisotopic (exact) mass is 442 g/mol. The van der Waals surface area contributed by atoms with Crippen LogP contribution in [0, 0.1) is 10.1 Å². The van der Waals surface area contributed by atoms with Crippen molar-refractivity contribution in [1.82, 2.24) is 4.98 Å². The van der Waals surface area contributed by atoms with E-state index < -0.39 is 10.9 Å². The molecule has 0 atom stereocenters. The Morgan fingerprint density at radius 3 is 2.54 bits per heavy atom.